The molecule has 2 N–H and O–H groups in total. The lowest BCUT2D eigenvalue weighted by Gasteiger charge is -2.27. The summed E-state index contributed by atoms with van der Waals surface area (Å²) < 4.78 is 5.86. The minimum atomic E-state index is -1.03. The summed E-state index contributed by atoms with van der Waals surface area (Å²) in [5.74, 6) is -0.532. The summed E-state index contributed by atoms with van der Waals surface area (Å²) in [6, 6.07) is 13.2. The van der Waals surface area contributed by atoms with Gasteiger partial charge in [-0.3, -0.25) is 0 Å². The molecule has 0 saturated carbocycles. The number of carboxylic acids is 1. The van der Waals surface area contributed by atoms with E-state index in [1.807, 2.05) is 13.8 Å². The van der Waals surface area contributed by atoms with Gasteiger partial charge in [0.2, 0.25) is 0 Å². The van der Waals surface area contributed by atoms with E-state index in [4.69, 9.17) is 9.84 Å². The summed E-state index contributed by atoms with van der Waals surface area (Å²) in [5, 5.41) is 18.5. The zero-order valence-electron chi connectivity index (χ0n) is 11.3. The fraction of sp³-hybridized carbons (Fsp3) is 0.188. The predicted octanol–water partition coefficient (Wildman–Crippen LogP) is 3.40. The minimum Gasteiger partial charge on any atom is -0.508 e. The molecule has 0 spiro atoms. The lowest BCUT2D eigenvalue weighted by molar-refractivity contribution is 0.0672. The Hall–Kier alpha value is -2.49. The van der Waals surface area contributed by atoms with Crippen molar-refractivity contribution in [2.75, 3.05) is 0 Å². The van der Waals surface area contributed by atoms with Crippen LogP contribution in [0.2, 0.25) is 0 Å². The van der Waals surface area contributed by atoms with Crippen molar-refractivity contribution in [2.24, 2.45) is 0 Å². The van der Waals surface area contributed by atoms with Crippen LogP contribution in [-0.2, 0) is 5.60 Å². The molecule has 0 heterocycles. The molecule has 2 aromatic rings. The smallest absolute Gasteiger partial charge is 0.339 e. The van der Waals surface area contributed by atoms with Crippen molar-refractivity contribution in [3.63, 3.8) is 0 Å². The van der Waals surface area contributed by atoms with Crippen molar-refractivity contribution in [3.8, 4) is 11.5 Å². The van der Waals surface area contributed by atoms with E-state index in [0.717, 1.165) is 5.56 Å². The lowest BCUT2D eigenvalue weighted by atomic mass is 9.97. The highest BCUT2D eigenvalue weighted by molar-refractivity contribution is 5.90. The van der Waals surface area contributed by atoms with Gasteiger partial charge in [0.15, 0.2) is 0 Å². The molecule has 0 radical (unpaired) electrons. The Morgan fingerprint density at radius 2 is 1.65 bits per heavy atom. The SMILES string of the molecule is CC(C)(Oc1ccccc1C(=O)O)c1ccc(O)cc1. The van der Waals surface area contributed by atoms with Gasteiger partial charge in [-0.15, -0.1) is 0 Å². The number of aromatic hydroxyl groups is 1. The molecule has 0 unspecified atom stereocenters. The van der Waals surface area contributed by atoms with Gasteiger partial charge in [-0.25, -0.2) is 4.79 Å². The number of rotatable bonds is 4. The van der Waals surface area contributed by atoms with Crippen LogP contribution in [0, 0.1) is 0 Å². The van der Waals surface area contributed by atoms with Crippen molar-refractivity contribution < 1.29 is 19.7 Å². The molecule has 4 heteroatoms. The summed E-state index contributed by atoms with van der Waals surface area (Å²) in [4.78, 5) is 11.2. The molecular weight excluding hydrogens is 256 g/mol. The highest BCUT2D eigenvalue weighted by Crippen LogP contribution is 2.30. The Bertz CT molecular complexity index is 615. The van der Waals surface area contributed by atoms with E-state index >= 15 is 0 Å². The zero-order valence-corrected chi connectivity index (χ0v) is 11.3. The van der Waals surface area contributed by atoms with Gasteiger partial charge in [0.05, 0.1) is 0 Å². The Labute approximate surface area is 117 Å². The minimum absolute atomic E-state index is 0.124. The van der Waals surface area contributed by atoms with Crippen molar-refractivity contribution in [1.82, 2.24) is 0 Å². The van der Waals surface area contributed by atoms with Crippen molar-refractivity contribution in [2.45, 2.75) is 19.4 Å². The van der Waals surface area contributed by atoms with Gasteiger partial charge >= 0.3 is 5.97 Å². The molecule has 0 amide bonds. The third-order valence-corrected chi connectivity index (χ3v) is 3.05. The number of hydrogen-bond acceptors (Lipinski definition) is 3. The van der Waals surface area contributed by atoms with Crippen LogP contribution in [0.25, 0.3) is 0 Å². The third-order valence-electron chi connectivity index (χ3n) is 3.05. The van der Waals surface area contributed by atoms with Crippen LogP contribution in [0.15, 0.2) is 48.5 Å². The number of carbonyl (C=O) groups is 1. The number of phenols is 1. The molecule has 0 fully saturated rings. The van der Waals surface area contributed by atoms with Crippen LogP contribution in [0.5, 0.6) is 11.5 Å². The summed E-state index contributed by atoms with van der Waals surface area (Å²) in [5.41, 5.74) is 0.258. The molecule has 0 aliphatic heterocycles. The Kier molecular flexibility index (Phi) is 3.66. The fourth-order valence-corrected chi connectivity index (χ4v) is 1.93. The Morgan fingerprint density at radius 1 is 1.05 bits per heavy atom. The molecule has 0 aliphatic rings. The van der Waals surface area contributed by atoms with Gasteiger partial charge in [-0.2, -0.15) is 0 Å². The predicted molar refractivity (Wildman–Crippen MR) is 75.2 cm³/mol. The molecule has 0 saturated heterocycles. The molecular formula is C16H16O4. The first kappa shape index (κ1) is 13.9. The Morgan fingerprint density at radius 3 is 2.25 bits per heavy atom. The number of phenolic OH excluding ortho intramolecular Hbond substituents is 1. The van der Waals surface area contributed by atoms with Crippen LogP contribution >= 0.6 is 0 Å². The first-order valence-electron chi connectivity index (χ1n) is 6.21. The molecule has 0 aromatic heterocycles. The van der Waals surface area contributed by atoms with E-state index in [1.54, 1.807) is 42.5 Å². The number of benzene rings is 2. The van der Waals surface area contributed by atoms with Crippen molar-refractivity contribution in [3.05, 3.63) is 59.7 Å². The lowest BCUT2D eigenvalue weighted by Crippen LogP contribution is -2.26. The van der Waals surface area contributed by atoms with E-state index < -0.39 is 11.6 Å². The monoisotopic (exact) mass is 272 g/mol. The zero-order chi connectivity index (χ0) is 14.8. The highest BCUT2D eigenvalue weighted by Gasteiger charge is 2.24. The van der Waals surface area contributed by atoms with Crippen LogP contribution in [0.4, 0.5) is 0 Å². The van der Waals surface area contributed by atoms with Gasteiger partial charge in [0, 0.05) is 0 Å². The quantitative estimate of drug-likeness (QED) is 0.895. The van der Waals surface area contributed by atoms with E-state index in [-0.39, 0.29) is 11.3 Å². The van der Waals surface area contributed by atoms with E-state index in [9.17, 15) is 9.90 Å². The third kappa shape index (κ3) is 2.91. The maximum atomic E-state index is 11.2. The molecule has 0 atom stereocenters. The maximum Gasteiger partial charge on any atom is 0.339 e. The van der Waals surface area contributed by atoms with Gasteiger partial charge in [-0.05, 0) is 43.7 Å². The normalized spacial score (nSPS) is 11.1. The molecule has 2 rings (SSSR count). The standard InChI is InChI=1S/C16H16O4/c1-16(2,11-7-9-12(17)10-8-11)20-14-6-4-3-5-13(14)15(18)19/h3-10,17H,1-2H3,(H,18,19). The molecule has 20 heavy (non-hydrogen) atoms. The maximum absolute atomic E-state index is 11.2. The first-order chi connectivity index (χ1) is 9.40. The molecule has 4 nitrogen and oxygen atoms in total. The van der Waals surface area contributed by atoms with Gasteiger partial charge < -0.3 is 14.9 Å². The average molecular weight is 272 g/mol. The van der Waals surface area contributed by atoms with Gasteiger partial charge in [0.25, 0.3) is 0 Å². The summed E-state index contributed by atoms with van der Waals surface area (Å²) in [7, 11) is 0. The van der Waals surface area contributed by atoms with Gasteiger partial charge in [0.1, 0.15) is 22.7 Å². The van der Waals surface area contributed by atoms with Crippen LogP contribution in [0.1, 0.15) is 29.8 Å². The number of para-hydroxylation sites is 1. The van der Waals surface area contributed by atoms with E-state index in [0.29, 0.717) is 5.75 Å². The van der Waals surface area contributed by atoms with Crippen LogP contribution in [-0.4, -0.2) is 16.2 Å². The van der Waals surface area contributed by atoms with E-state index in [1.165, 1.54) is 6.07 Å². The molecule has 2 aromatic carbocycles. The molecule has 104 valence electrons. The summed E-state index contributed by atoms with van der Waals surface area (Å²) in [6.45, 7) is 3.69. The number of carboxylic acid groups (broad SMARTS) is 1. The summed E-state index contributed by atoms with van der Waals surface area (Å²) in [6.07, 6.45) is 0. The van der Waals surface area contributed by atoms with Crippen LogP contribution in [0.3, 0.4) is 0 Å². The second-order valence-electron chi connectivity index (χ2n) is 4.96. The number of hydrogen-bond donors (Lipinski definition) is 2. The van der Waals surface area contributed by atoms with Crippen molar-refractivity contribution >= 4 is 5.97 Å². The largest absolute Gasteiger partial charge is 0.508 e. The second-order valence-corrected chi connectivity index (χ2v) is 4.96. The topological polar surface area (TPSA) is 66.8 Å². The second kappa shape index (κ2) is 5.25. The fourth-order valence-electron chi connectivity index (χ4n) is 1.93. The van der Waals surface area contributed by atoms with Crippen LogP contribution < -0.4 is 4.74 Å². The van der Waals surface area contributed by atoms with Crippen molar-refractivity contribution in [1.29, 1.82) is 0 Å². The van der Waals surface area contributed by atoms with E-state index in [2.05, 4.69) is 0 Å². The summed E-state index contributed by atoms with van der Waals surface area (Å²) >= 11 is 0. The van der Waals surface area contributed by atoms with Gasteiger partial charge in [-0.1, -0.05) is 24.3 Å². The molecule has 0 bridgehead atoms. The molecule has 0 aliphatic carbocycles. The average Bonchev–Trinajstić information content (AvgIpc) is 2.39. The highest BCUT2D eigenvalue weighted by atomic mass is 16.5. The Balaban J connectivity index is 2.33. The first-order valence-corrected chi connectivity index (χ1v) is 6.21. The number of ether oxygens (including phenoxy) is 1. The number of aromatic carboxylic acids is 1.